The SMILES string of the molecule is CC1=CCC(c2cc(=NC3CC3)n3ncc(=Cc4[nH]c(=O)[nH]c4O)c3n2)S1. The summed E-state index contributed by atoms with van der Waals surface area (Å²) >= 11 is 1.81. The first-order valence-electron chi connectivity index (χ1n) is 8.86. The highest BCUT2D eigenvalue weighted by molar-refractivity contribution is 8.03. The van der Waals surface area contributed by atoms with E-state index in [0.29, 0.717) is 22.6 Å². The highest BCUT2D eigenvalue weighted by Crippen LogP contribution is 2.42. The van der Waals surface area contributed by atoms with E-state index in [-0.39, 0.29) is 11.1 Å². The van der Waals surface area contributed by atoms with Gasteiger partial charge in [-0.25, -0.2) is 9.78 Å². The van der Waals surface area contributed by atoms with Crippen molar-refractivity contribution in [2.24, 2.45) is 4.99 Å². The minimum absolute atomic E-state index is 0.204. The van der Waals surface area contributed by atoms with Crippen molar-refractivity contribution in [2.75, 3.05) is 0 Å². The van der Waals surface area contributed by atoms with Gasteiger partial charge < -0.3 is 10.1 Å². The Labute approximate surface area is 157 Å². The van der Waals surface area contributed by atoms with Crippen molar-refractivity contribution in [3.05, 3.63) is 55.8 Å². The van der Waals surface area contributed by atoms with Crippen molar-refractivity contribution in [3.8, 4) is 5.88 Å². The number of rotatable bonds is 3. The van der Waals surface area contributed by atoms with Crippen molar-refractivity contribution in [3.63, 3.8) is 0 Å². The van der Waals surface area contributed by atoms with Crippen molar-refractivity contribution in [1.29, 1.82) is 0 Å². The van der Waals surface area contributed by atoms with Crippen molar-refractivity contribution in [1.82, 2.24) is 24.6 Å². The summed E-state index contributed by atoms with van der Waals surface area (Å²) in [6.45, 7) is 2.11. The van der Waals surface area contributed by atoms with Gasteiger partial charge in [0.2, 0.25) is 5.88 Å². The van der Waals surface area contributed by atoms with Crippen LogP contribution < -0.4 is 16.4 Å². The van der Waals surface area contributed by atoms with E-state index in [2.05, 4.69) is 28.1 Å². The second-order valence-corrected chi connectivity index (χ2v) is 8.33. The number of hydrogen-bond acceptors (Lipinski definition) is 6. The summed E-state index contributed by atoms with van der Waals surface area (Å²) in [4.78, 5) is 27.2. The molecule has 0 spiro atoms. The van der Waals surface area contributed by atoms with Crippen molar-refractivity contribution >= 4 is 23.5 Å². The van der Waals surface area contributed by atoms with Crippen LogP contribution in [-0.2, 0) is 0 Å². The Morgan fingerprint density at radius 1 is 1.41 bits per heavy atom. The smallest absolute Gasteiger partial charge is 0.326 e. The fraction of sp³-hybridized carbons (Fsp3) is 0.333. The van der Waals surface area contributed by atoms with Gasteiger partial charge in [-0.15, -0.1) is 11.8 Å². The molecule has 2 aliphatic rings. The zero-order chi connectivity index (χ0) is 18.5. The molecule has 138 valence electrons. The highest BCUT2D eigenvalue weighted by Gasteiger charge is 2.23. The number of aromatic nitrogens is 5. The minimum atomic E-state index is -0.461. The van der Waals surface area contributed by atoms with E-state index in [1.165, 1.54) is 4.91 Å². The topological polar surface area (TPSA) is 111 Å². The Morgan fingerprint density at radius 2 is 2.26 bits per heavy atom. The van der Waals surface area contributed by atoms with Crippen LogP contribution in [0.5, 0.6) is 5.88 Å². The van der Waals surface area contributed by atoms with E-state index < -0.39 is 5.69 Å². The molecule has 0 saturated heterocycles. The van der Waals surface area contributed by atoms with Gasteiger partial charge >= 0.3 is 5.69 Å². The third-order valence-electron chi connectivity index (χ3n) is 4.67. The summed E-state index contributed by atoms with van der Waals surface area (Å²) in [6.07, 6.45) is 8.73. The summed E-state index contributed by atoms with van der Waals surface area (Å²) < 4.78 is 1.73. The van der Waals surface area contributed by atoms with E-state index in [1.807, 2.05) is 17.8 Å². The first-order valence-corrected chi connectivity index (χ1v) is 9.74. The molecular weight excluding hydrogens is 364 g/mol. The maximum absolute atomic E-state index is 11.4. The lowest BCUT2D eigenvalue weighted by Crippen LogP contribution is -2.20. The Hall–Kier alpha value is -2.81. The van der Waals surface area contributed by atoms with Gasteiger partial charge in [0.15, 0.2) is 11.1 Å². The van der Waals surface area contributed by atoms with Crippen molar-refractivity contribution in [2.45, 2.75) is 37.5 Å². The van der Waals surface area contributed by atoms with Crippen LogP contribution in [0.2, 0.25) is 0 Å². The molecule has 3 aromatic rings. The maximum atomic E-state index is 11.4. The molecule has 4 heterocycles. The number of allylic oxidation sites excluding steroid dienone is 2. The van der Waals surface area contributed by atoms with Crippen LogP contribution in [0.3, 0.4) is 0 Å². The molecule has 3 aromatic heterocycles. The van der Waals surface area contributed by atoms with E-state index in [1.54, 1.807) is 16.8 Å². The van der Waals surface area contributed by atoms with Crippen LogP contribution in [0.15, 0.2) is 33.0 Å². The minimum Gasteiger partial charge on any atom is -0.493 e. The first-order chi connectivity index (χ1) is 13.1. The zero-order valence-electron chi connectivity index (χ0n) is 14.6. The van der Waals surface area contributed by atoms with Gasteiger partial charge in [0.25, 0.3) is 0 Å². The average Bonchev–Trinajstić information content (AvgIpc) is 3.04. The Kier molecular flexibility index (Phi) is 3.71. The largest absolute Gasteiger partial charge is 0.493 e. The van der Waals surface area contributed by atoms with Crippen LogP contribution in [0.4, 0.5) is 0 Å². The number of H-pyrrole nitrogens is 2. The predicted octanol–water partition coefficient (Wildman–Crippen LogP) is 1.14. The van der Waals surface area contributed by atoms with Crippen LogP contribution in [0.25, 0.3) is 11.7 Å². The summed E-state index contributed by atoms with van der Waals surface area (Å²) in [5, 5.41) is 15.3. The van der Waals surface area contributed by atoms with E-state index in [9.17, 15) is 9.90 Å². The fourth-order valence-corrected chi connectivity index (χ4v) is 4.23. The van der Waals surface area contributed by atoms with E-state index in [4.69, 9.17) is 9.98 Å². The lowest BCUT2D eigenvalue weighted by molar-refractivity contribution is 0.454. The number of hydrogen-bond donors (Lipinski definition) is 3. The Balaban J connectivity index is 1.72. The molecule has 1 unspecified atom stereocenters. The van der Waals surface area contributed by atoms with Gasteiger partial charge in [-0.1, -0.05) is 6.08 Å². The molecule has 0 bridgehead atoms. The number of thioether (sulfide) groups is 1. The molecule has 3 N–H and O–H groups in total. The molecule has 1 saturated carbocycles. The second-order valence-electron chi connectivity index (χ2n) is 6.88. The third kappa shape index (κ3) is 3.08. The molecule has 9 heteroatoms. The maximum Gasteiger partial charge on any atom is 0.326 e. The Bertz CT molecular complexity index is 1250. The number of nitrogens with zero attached hydrogens (tertiary/aromatic N) is 4. The average molecular weight is 382 g/mol. The van der Waals surface area contributed by atoms with Gasteiger partial charge in [0.1, 0.15) is 5.69 Å². The van der Waals surface area contributed by atoms with E-state index >= 15 is 0 Å². The van der Waals surface area contributed by atoms with Gasteiger partial charge in [-0.3, -0.25) is 9.98 Å². The summed E-state index contributed by atoms with van der Waals surface area (Å²) in [5.74, 6) is -0.204. The monoisotopic (exact) mass is 382 g/mol. The quantitative estimate of drug-likeness (QED) is 0.629. The zero-order valence-corrected chi connectivity index (χ0v) is 15.5. The van der Waals surface area contributed by atoms with Crippen LogP contribution in [-0.4, -0.2) is 35.7 Å². The standard InChI is InChI=1S/C18H18N6O2S/c1-9-2-5-14(27-9)12-7-15(20-11-3-4-11)24-16(21-12)10(8-19-24)6-13-17(25)23-18(26)22-13/h2,6-8,11,14,25H,3-5H2,1H3,(H2,22,23,26). The van der Waals surface area contributed by atoms with Gasteiger partial charge in [0, 0.05) is 11.3 Å². The summed E-state index contributed by atoms with van der Waals surface area (Å²) in [6, 6.07) is 2.39. The molecule has 0 aromatic carbocycles. The number of aromatic amines is 2. The normalized spacial score (nSPS) is 21.4. The second kappa shape index (κ2) is 6.12. The number of imidazole rings is 1. The molecule has 1 atom stereocenters. The predicted molar refractivity (Wildman–Crippen MR) is 102 cm³/mol. The number of nitrogens with one attached hydrogen (secondary N) is 2. The van der Waals surface area contributed by atoms with Gasteiger partial charge in [-0.2, -0.15) is 9.61 Å². The molecule has 1 aliphatic carbocycles. The van der Waals surface area contributed by atoms with Crippen LogP contribution >= 0.6 is 11.8 Å². The first kappa shape index (κ1) is 16.4. The Morgan fingerprint density at radius 3 is 2.93 bits per heavy atom. The molecule has 1 aliphatic heterocycles. The highest BCUT2D eigenvalue weighted by atomic mass is 32.2. The van der Waals surface area contributed by atoms with Crippen molar-refractivity contribution < 1.29 is 5.11 Å². The summed E-state index contributed by atoms with van der Waals surface area (Å²) in [5.41, 5.74) is 2.28. The molecule has 0 amide bonds. The van der Waals surface area contributed by atoms with Gasteiger partial charge in [-0.05, 0) is 37.2 Å². The van der Waals surface area contributed by atoms with Gasteiger partial charge in [0.05, 0.1) is 23.2 Å². The van der Waals surface area contributed by atoms with Crippen LogP contribution in [0, 0.1) is 0 Å². The number of fused-ring (bicyclic) bond motifs is 1. The molecule has 8 nitrogen and oxygen atoms in total. The lowest BCUT2D eigenvalue weighted by atomic mass is 10.2. The fourth-order valence-electron chi connectivity index (χ4n) is 3.15. The summed E-state index contributed by atoms with van der Waals surface area (Å²) in [7, 11) is 0. The third-order valence-corrected chi connectivity index (χ3v) is 5.93. The molecule has 27 heavy (non-hydrogen) atoms. The number of aromatic hydroxyl groups is 1. The lowest BCUT2D eigenvalue weighted by Gasteiger charge is -2.09. The molecular formula is C18H18N6O2S. The van der Waals surface area contributed by atoms with Crippen LogP contribution in [0.1, 0.15) is 42.8 Å². The molecule has 1 fully saturated rings. The molecule has 5 rings (SSSR count). The molecule has 0 radical (unpaired) electrons. The van der Waals surface area contributed by atoms with E-state index in [0.717, 1.165) is 30.4 Å².